The number of hydrogen-bond acceptors (Lipinski definition) is 2. The highest BCUT2D eigenvalue weighted by Gasteiger charge is 2.60. The van der Waals surface area contributed by atoms with Crippen LogP contribution in [0.5, 0.6) is 0 Å². The van der Waals surface area contributed by atoms with Crippen molar-refractivity contribution in [2.75, 3.05) is 25.0 Å². The number of fused-ring (bicyclic) bond motifs is 6. The number of carbonyl (C=O) groups is 2. The summed E-state index contributed by atoms with van der Waals surface area (Å²) in [6.45, 7) is 3.05. The van der Waals surface area contributed by atoms with Crippen molar-refractivity contribution in [3.63, 3.8) is 0 Å². The number of nitrogens with one attached hydrogen (secondary N) is 2. The van der Waals surface area contributed by atoms with Gasteiger partial charge in [0, 0.05) is 46.8 Å². The first-order valence-corrected chi connectivity index (χ1v) is 11.0. The van der Waals surface area contributed by atoms with Gasteiger partial charge in [0.1, 0.15) is 0 Å². The van der Waals surface area contributed by atoms with Crippen molar-refractivity contribution >= 4 is 44.5 Å². The number of para-hydroxylation sites is 1. The zero-order valence-corrected chi connectivity index (χ0v) is 18.5. The maximum atomic E-state index is 13.9. The summed E-state index contributed by atoms with van der Waals surface area (Å²) in [5.41, 5.74) is 3.33. The van der Waals surface area contributed by atoms with Crippen molar-refractivity contribution in [2.24, 2.45) is 0 Å². The third kappa shape index (κ3) is 2.41. The number of hydrogen-bond donors (Lipinski definition) is 2. The number of urea groups is 1. The molecule has 7 heteroatoms. The first-order chi connectivity index (χ1) is 14.5. The zero-order valence-electron chi connectivity index (χ0n) is 17.0. The SMILES string of the molecule is CCCNC(=O)N1CCc2c([nH]c3ccccc23)[C@@]12C(=O)N(C)c1ccc(Br)cc12. The Morgan fingerprint density at radius 2 is 2.07 bits per heavy atom. The number of benzene rings is 2. The second-order valence-electron chi connectivity index (χ2n) is 7.89. The van der Waals surface area contributed by atoms with Gasteiger partial charge >= 0.3 is 6.03 Å². The van der Waals surface area contributed by atoms with E-state index in [-0.39, 0.29) is 11.9 Å². The van der Waals surface area contributed by atoms with Crippen molar-refractivity contribution in [2.45, 2.75) is 25.3 Å². The number of likely N-dealkylation sites (N-methyl/N-ethyl adjacent to an activating group) is 1. The molecular formula is C23H23BrN4O2. The Kier molecular flexibility index (Phi) is 4.39. The van der Waals surface area contributed by atoms with E-state index in [0.717, 1.165) is 44.3 Å². The van der Waals surface area contributed by atoms with E-state index in [9.17, 15) is 9.59 Å². The molecule has 0 bridgehead atoms. The Morgan fingerprint density at radius 1 is 1.27 bits per heavy atom. The Hall–Kier alpha value is -2.80. The summed E-state index contributed by atoms with van der Waals surface area (Å²) in [5.74, 6) is -0.116. The molecule has 3 aromatic rings. The molecule has 0 saturated carbocycles. The molecule has 1 aromatic heterocycles. The number of aromatic nitrogens is 1. The quantitative estimate of drug-likeness (QED) is 0.595. The van der Waals surface area contributed by atoms with Gasteiger partial charge in [-0.05, 0) is 42.7 Å². The molecule has 5 rings (SSSR count). The van der Waals surface area contributed by atoms with Crippen LogP contribution in [0.2, 0.25) is 0 Å². The fourth-order valence-corrected chi connectivity index (χ4v) is 5.30. The Balaban J connectivity index is 1.83. The van der Waals surface area contributed by atoms with Gasteiger partial charge in [0.25, 0.3) is 5.91 Å². The number of anilines is 1. The van der Waals surface area contributed by atoms with Crippen molar-refractivity contribution in [3.05, 3.63) is 63.8 Å². The molecule has 2 N–H and O–H groups in total. The molecule has 1 spiro atoms. The molecule has 0 aliphatic carbocycles. The lowest BCUT2D eigenvalue weighted by molar-refractivity contribution is -0.126. The van der Waals surface area contributed by atoms with Crippen LogP contribution in [-0.4, -0.2) is 42.0 Å². The van der Waals surface area contributed by atoms with Crippen molar-refractivity contribution in [1.29, 1.82) is 0 Å². The first-order valence-electron chi connectivity index (χ1n) is 10.2. The van der Waals surface area contributed by atoms with Crippen LogP contribution >= 0.6 is 15.9 Å². The molecule has 6 nitrogen and oxygen atoms in total. The van der Waals surface area contributed by atoms with Gasteiger partial charge in [-0.15, -0.1) is 0 Å². The molecule has 30 heavy (non-hydrogen) atoms. The van der Waals surface area contributed by atoms with Crippen molar-refractivity contribution in [1.82, 2.24) is 15.2 Å². The van der Waals surface area contributed by atoms with Crippen LogP contribution in [0.1, 0.15) is 30.2 Å². The largest absolute Gasteiger partial charge is 0.355 e. The standard InChI is InChI=1S/C23H23BrN4O2/c1-3-11-25-22(30)28-12-10-16-15-6-4-5-7-18(15)26-20(16)23(28)17-13-14(24)8-9-19(17)27(2)21(23)29/h4-9,13,26H,3,10-12H2,1-2H3,(H,25,30)/t23-/m0/s1. The Morgan fingerprint density at radius 3 is 2.87 bits per heavy atom. The second kappa shape index (κ2) is 6.87. The molecule has 2 aromatic carbocycles. The summed E-state index contributed by atoms with van der Waals surface area (Å²) in [5, 5.41) is 4.10. The van der Waals surface area contributed by atoms with Crippen LogP contribution < -0.4 is 10.2 Å². The minimum atomic E-state index is -1.21. The molecule has 1 atom stereocenters. The summed E-state index contributed by atoms with van der Waals surface area (Å²) < 4.78 is 0.876. The normalized spacial score (nSPS) is 20.0. The first kappa shape index (κ1) is 19.2. The maximum Gasteiger partial charge on any atom is 0.318 e. The summed E-state index contributed by atoms with van der Waals surface area (Å²) >= 11 is 3.57. The van der Waals surface area contributed by atoms with Gasteiger partial charge in [-0.2, -0.15) is 0 Å². The van der Waals surface area contributed by atoms with Crippen molar-refractivity contribution < 1.29 is 9.59 Å². The van der Waals surface area contributed by atoms with Gasteiger partial charge in [0.2, 0.25) is 0 Å². The number of H-pyrrole nitrogens is 1. The van der Waals surface area contributed by atoms with E-state index < -0.39 is 5.54 Å². The van der Waals surface area contributed by atoms with Crippen LogP contribution in [0.3, 0.4) is 0 Å². The average Bonchev–Trinajstić information content (AvgIpc) is 3.23. The highest BCUT2D eigenvalue weighted by molar-refractivity contribution is 9.10. The third-order valence-corrected chi connectivity index (χ3v) is 6.75. The molecule has 154 valence electrons. The molecule has 2 aliphatic heterocycles. The van der Waals surface area contributed by atoms with Crippen LogP contribution in [0.4, 0.5) is 10.5 Å². The van der Waals surface area contributed by atoms with Crippen LogP contribution in [-0.2, 0) is 16.8 Å². The second-order valence-corrected chi connectivity index (χ2v) is 8.81. The predicted molar refractivity (Wildman–Crippen MR) is 121 cm³/mol. The molecule has 2 aliphatic rings. The van der Waals surface area contributed by atoms with E-state index in [2.05, 4.69) is 32.3 Å². The molecule has 0 unspecified atom stereocenters. The highest BCUT2D eigenvalue weighted by atomic mass is 79.9. The smallest absolute Gasteiger partial charge is 0.318 e. The van der Waals surface area contributed by atoms with E-state index in [1.165, 1.54) is 0 Å². The molecule has 0 fully saturated rings. The van der Waals surface area contributed by atoms with Crippen molar-refractivity contribution in [3.8, 4) is 0 Å². The lowest BCUT2D eigenvalue weighted by atomic mass is 9.80. The van der Waals surface area contributed by atoms with E-state index in [4.69, 9.17) is 0 Å². The number of carbonyl (C=O) groups excluding carboxylic acids is 2. The molecule has 3 heterocycles. The lowest BCUT2D eigenvalue weighted by Gasteiger charge is -2.43. The Bertz CT molecular complexity index is 1190. The molecular weight excluding hydrogens is 444 g/mol. The highest BCUT2D eigenvalue weighted by Crippen LogP contribution is 2.52. The van der Waals surface area contributed by atoms with E-state index >= 15 is 0 Å². The third-order valence-electron chi connectivity index (χ3n) is 6.26. The van der Waals surface area contributed by atoms with E-state index in [1.807, 2.05) is 43.3 Å². The maximum absolute atomic E-state index is 13.9. The minimum Gasteiger partial charge on any atom is -0.355 e. The summed E-state index contributed by atoms with van der Waals surface area (Å²) in [6.07, 6.45) is 1.53. The van der Waals surface area contributed by atoms with Gasteiger partial charge in [-0.3, -0.25) is 4.79 Å². The fraction of sp³-hybridized carbons (Fsp3) is 0.304. The molecule has 0 saturated heterocycles. The van der Waals surface area contributed by atoms with Crippen LogP contribution in [0.15, 0.2) is 46.9 Å². The van der Waals surface area contributed by atoms with Gasteiger partial charge < -0.3 is 20.1 Å². The number of nitrogens with zero attached hydrogens (tertiary/aromatic N) is 2. The van der Waals surface area contributed by atoms with E-state index in [0.29, 0.717) is 19.5 Å². The number of aromatic amines is 1. The summed E-state index contributed by atoms with van der Waals surface area (Å²) in [6, 6.07) is 13.7. The summed E-state index contributed by atoms with van der Waals surface area (Å²) in [7, 11) is 1.78. The fourth-order valence-electron chi connectivity index (χ4n) is 4.94. The number of rotatable bonds is 2. The predicted octanol–water partition coefficient (Wildman–Crippen LogP) is 4.13. The van der Waals surface area contributed by atoms with Gasteiger partial charge in [-0.1, -0.05) is 41.1 Å². The van der Waals surface area contributed by atoms with Gasteiger partial charge in [0.05, 0.1) is 5.69 Å². The lowest BCUT2D eigenvalue weighted by Crippen LogP contribution is -2.61. The topological polar surface area (TPSA) is 68.4 Å². The zero-order chi connectivity index (χ0) is 21.0. The monoisotopic (exact) mass is 466 g/mol. The van der Waals surface area contributed by atoms with Crippen LogP contribution in [0.25, 0.3) is 10.9 Å². The summed E-state index contributed by atoms with van der Waals surface area (Å²) in [4.78, 5) is 34.2. The molecule has 3 amide bonds. The van der Waals surface area contributed by atoms with Crippen LogP contribution in [0, 0.1) is 0 Å². The number of amides is 3. The Labute approximate surface area is 183 Å². The number of halogens is 1. The van der Waals surface area contributed by atoms with Gasteiger partial charge in [0.15, 0.2) is 5.54 Å². The van der Waals surface area contributed by atoms with E-state index in [1.54, 1.807) is 16.8 Å². The molecule has 0 radical (unpaired) electrons. The van der Waals surface area contributed by atoms with Gasteiger partial charge in [-0.25, -0.2) is 4.79 Å². The average molecular weight is 467 g/mol. The minimum absolute atomic E-state index is 0.116.